The summed E-state index contributed by atoms with van der Waals surface area (Å²) in [6.07, 6.45) is 8.57. The van der Waals surface area contributed by atoms with Gasteiger partial charge >= 0.3 is 0 Å². The number of amides is 1. The van der Waals surface area contributed by atoms with E-state index in [4.69, 9.17) is 0 Å². The van der Waals surface area contributed by atoms with Crippen molar-refractivity contribution in [3.05, 3.63) is 29.8 Å². The Bertz CT molecular complexity index is 415. The van der Waals surface area contributed by atoms with Gasteiger partial charge in [0.1, 0.15) is 0 Å². The largest absolute Gasteiger partial charge is 0.389 e. The third-order valence-corrected chi connectivity index (χ3v) is 3.66. The number of unbranched alkanes of at least 4 members (excludes halogenated alkanes) is 6. The number of carbonyl (C=O) groups is 1. The van der Waals surface area contributed by atoms with Crippen molar-refractivity contribution in [2.45, 2.75) is 71.3 Å². The zero-order chi connectivity index (χ0) is 15.5. The zero-order valence-corrected chi connectivity index (χ0v) is 13.4. The average molecular weight is 291 g/mol. The van der Waals surface area contributed by atoms with E-state index in [0.29, 0.717) is 6.42 Å². The highest BCUT2D eigenvalue weighted by Gasteiger charge is 2.05. The minimum Gasteiger partial charge on any atom is -0.389 e. The van der Waals surface area contributed by atoms with Crippen LogP contribution in [-0.2, 0) is 4.79 Å². The summed E-state index contributed by atoms with van der Waals surface area (Å²) in [4.78, 5) is 11.9. The molecule has 0 radical (unpaired) electrons. The van der Waals surface area contributed by atoms with E-state index in [9.17, 15) is 9.90 Å². The molecular formula is C18H29NO2. The van der Waals surface area contributed by atoms with Crippen molar-refractivity contribution in [3.63, 3.8) is 0 Å². The van der Waals surface area contributed by atoms with Crippen LogP contribution in [0.5, 0.6) is 0 Å². The molecule has 3 nitrogen and oxygen atoms in total. The molecule has 0 aliphatic heterocycles. The Morgan fingerprint density at radius 1 is 1.14 bits per heavy atom. The van der Waals surface area contributed by atoms with E-state index < -0.39 is 6.10 Å². The maximum absolute atomic E-state index is 11.9. The molecule has 1 aromatic rings. The molecule has 0 saturated carbocycles. The number of anilines is 1. The molecule has 0 aliphatic rings. The van der Waals surface area contributed by atoms with Gasteiger partial charge in [0.05, 0.1) is 6.10 Å². The van der Waals surface area contributed by atoms with Crippen molar-refractivity contribution in [3.8, 4) is 0 Å². The fourth-order valence-corrected chi connectivity index (χ4v) is 2.34. The third-order valence-electron chi connectivity index (χ3n) is 3.66. The Labute approximate surface area is 128 Å². The van der Waals surface area contributed by atoms with Crippen LogP contribution >= 0.6 is 0 Å². The molecule has 0 heterocycles. The number of aliphatic hydroxyl groups is 1. The van der Waals surface area contributed by atoms with E-state index in [1.54, 1.807) is 6.92 Å². The first-order valence-electron chi connectivity index (χ1n) is 8.21. The van der Waals surface area contributed by atoms with Gasteiger partial charge in [0.15, 0.2) is 0 Å². The smallest absolute Gasteiger partial charge is 0.224 e. The average Bonchev–Trinajstić information content (AvgIpc) is 2.46. The first-order valence-corrected chi connectivity index (χ1v) is 8.21. The van der Waals surface area contributed by atoms with Gasteiger partial charge in [-0.25, -0.2) is 0 Å². The van der Waals surface area contributed by atoms with Crippen molar-refractivity contribution in [1.82, 2.24) is 0 Å². The fraction of sp³-hybridized carbons (Fsp3) is 0.611. The Kier molecular flexibility index (Phi) is 8.76. The summed E-state index contributed by atoms with van der Waals surface area (Å²) < 4.78 is 0. The monoisotopic (exact) mass is 291 g/mol. The number of rotatable bonds is 10. The normalized spacial score (nSPS) is 12.1. The van der Waals surface area contributed by atoms with Crippen LogP contribution in [-0.4, -0.2) is 11.0 Å². The molecule has 1 atom stereocenters. The summed E-state index contributed by atoms with van der Waals surface area (Å²) in [7, 11) is 0. The number of nitrogens with one attached hydrogen (secondary N) is 1. The first-order chi connectivity index (χ1) is 10.1. The number of hydrogen-bond acceptors (Lipinski definition) is 2. The van der Waals surface area contributed by atoms with Crippen molar-refractivity contribution in [2.24, 2.45) is 0 Å². The summed E-state index contributed by atoms with van der Waals surface area (Å²) in [6.45, 7) is 3.94. The van der Waals surface area contributed by atoms with Gasteiger partial charge in [0.2, 0.25) is 5.91 Å². The van der Waals surface area contributed by atoms with Crippen LogP contribution in [0.3, 0.4) is 0 Å². The molecule has 21 heavy (non-hydrogen) atoms. The van der Waals surface area contributed by atoms with Crippen LogP contribution in [0.4, 0.5) is 5.69 Å². The van der Waals surface area contributed by atoms with Gasteiger partial charge in [-0.15, -0.1) is 0 Å². The highest BCUT2D eigenvalue weighted by atomic mass is 16.3. The maximum Gasteiger partial charge on any atom is 0.224 e. The second-order valence-corrected chi connectivity index (χ2v) is 5.72. The lowest BCUT2D eigenvalue weighted by atomic mass is 10.1. The topological polar surface area (TPSA) is 49.3 Å². The second-order valence-electron chi connectivity index (χ2n) is 5.72. The van der Waals surface area contributed by atoms with Crippen LogP contribution in [0, 0.1) is 0 Å². The maximum atomic E-state index is 11.9. The second kappa shape index (κ2) is 10.4. The van der Waals surface area contributed by atoms with Crippen molar-refractivity contribution in [1.29, 1.82) is 0 Å². The molecular weight excluding hydrogens is 262 g/mol. The van der Waals surface area contributed by atoms with E-state index in [2.05, 4.69) is 12.2 Å². The third kappa shape index (κ3) is 7.86. The number of hydrogen-bond donors (Lipinski definition) is 2. The SMILES string of the molecule is CCCCCCCCCC(=O)Nc1cccc(C(C)O)c1. The summed E-state index contributed by atoms with van der Waals surface area (Å²) in [5, 5.41) is 12.4. The highest BCUT2D eigenvalue weighted by Crippen LogP contribution is 2.17. The molecule has 0 spiro atoms. The Morgan fingerprint density at radius 2 is 1.81 bits per heavy atom. The van der Waals surface area contributed by atoms with Crippen molar-refractivity contribution < 1.29 is 9.90 Å². The number of benzene rings is 1. The van der Waals surface area contributed by atoms with E-state index >= 15 is 0 Å². The van der Waals surface area contributed by atoms with E-state index in [1.807, 2.05) is 24.3 Å². The Morgan fingerprint density at radius 3 is 2.48 bits per heavy atom. The molecule has 1 unspecified atom stereocenters. The number of carbonyl (C=O) groups excluding carboxylic acids is 1. The van der Waals surface area contributed by atoms with Crippen molar-refractivity contribution in [2.75, 3.05) is 5.32 Å². The molecule has 3 heteroatoms. The lowest BCUT2D eigenvalue weighted by molar-refractivity contribution is -0.116. The minimum absolute atomic E-state index is 0.0614. The van der Waals surface area contributed by atoms with Gasteiger partial charge in [-0.3, -0.25) is 4.79 Å². The predicted octanol–water partition coefficient (Wildman–Crippen LogP) is 4.82. The zero-order valence-electron chi connectivity index (χ0n) is 13.4. The van der Waals surface area contributed by atoms with Gasteiger partial charge in [-0.2, -0.15) is 0 Å². The molecule has 0 saturated heterocycles. The predicted molar refractivity (Wildman–Crippen MR) is 88.3 cm³/mol. The Balaban J connectivity index is 2.20. The fourth-order valence-electron chi connectivity index (χ4n) is 2.34. The summed E-state index contributed by atoms with van der Waals surface area (Å²) in [5.74, 6) is 0.0614. The van der Waals surface area contributed by atoms with Gasteiger partial charge in [0.25, 0.3) is 0 Å². The molecule has 1 aromatic carbocycles. The lowest BCUT2D eigenvalue weighted by Crippen LogP contribution is -2.11. The molecule has 0 aromatic heterocycles. The molecule has 1 amide bonds. The molecule has 1 rings (SSSR count). The van der Waals surface area contributed by atoms with Crippen molar-refractivity contribution >= 4 is 11.6 Å². The van der Waals surface area contributed by atoms with Gasteiger partial charge in [-0.05, 0) is 31.0 Å². The van der Waals surface area contributed by atoms with E-state index in [-0.39, 0.29) is 5.91 Å². The molecule has 118 valence electrons. The van der Waals surface area contributed by atoms with Gasteiger partial charge in [0, 0.05) is 12.1 Å². The minimum atomic E-state index is -0.509. The Hall–Kier alpha value is -1.35. The quantitative estimate of drug-likeness (QED) is 0.607. The summed E-state index contributed by atoms with van der Waals surface area (Å²) in [5.41, 5.74) is 1.59. The van der Waals surface area contributed by atoms with Crippen LogP contribution in [0.25, 0.3) is 0 Å². The molecule has 0 aliphatic carbocycles. The van der Waals surface area contributed by atoms with E-state index in [0.717, 1.165) is 24.1 Å². The lowest BCUT2D eigenvalue weighted by Gasteiger charge is -2.09. The highest BCUT2D eigenvalue weighted by molar-refractivity contribution is 5.90. The summed E-state index contributed by atoms with van der Waals surface area (Å²) in [6, 6.07) is 7.39. The first kappa shape index (κ1) is 17.7. The van der Waals surface area contributed by atoms with Crippen LogP contribution in [0.15, 0.2) is 24.3 Å². The number of aliphatic hydroxyl groups excluding tert-OH is 1. The van der Waals surface area contributed by atoms with Gasteiger partial charge in [-0.1, -0.05) is 57.6 Å². The van der Waals surface area contributed by atoms with Gasteiger partial charge < -0.3 is 10.4 Å². The van der Waals surface area contributed by atoms with Crippen LogP contribution in [0.2, 0.25) is 0 Å². The van der Waals surface area contributed by atoms with Crippen LogP contribution < -0.4 is 5.32 Å². The molecule has 0 bridgehead atoms. The standard InChI is InChI=1S/C18H29NO2/c1-3-4-5-6-7-8-9-13-18(21)19-17-12-10-11-16(14-17)15(2)20/h10-12,14-15,20H,3-9,13H2,1-2H3,(H,19,21). The van der Waals surface area contributed by atoms with E-state index in [1.165, 1.54) is 32.1 Å². The molecule has 0 fully saturated rings. The van der Waals surface area contributed by atoms with Crippen LogP contribution in [0.1, 0.15) is 76.9 Å². The summed E-state index contributed by atoms with van der Waals surface area (Å²) >= 11 is 0. The molecule has 2 N–H and O–H groups in total.